The molecule has 0 bridgehead atoms. The smallest absolute Gasteiger partial charge is 0.0381 e. The predicted molar refractivity (Wildman–Crippen MR) is 76.1 cm³/mol. The minimum Gasteiger partial charge on any atom is -0.359 e. The van der Waals surface area contributed by atoms with Crippen LogP contribution in [0.2, 0.25) is 0 Å². The molecule has 0 atom stereocenters. The van der Waals surface area contributed by atoms with Crippen LogP contribution in [0.1, 0.15) is 32.3 Å². The Morgan fingerprint density at radius 3 is 2.47 bits per heavy atom. The summed E-state index contributed by atoms with van der Waals surface area (Å²) in [7, 11) is 0. The van der Waals surface area contributed by atoms with Gasteiger partial charge in [0.15, 0.2) is 0 Å². The number of nitrogens with one attached hydrogen (secondary N) is 1. The minimum atomic E-state index is 0.916. The number of benzene rings is 1. The van der Waals surface area contributed by atoms with E-state index in [1.54, 1.807) is 0 Å². The standard InChI is InChI=1S/C16H21N/c1-5-7-14(4)17-16-10-8-15(9-11-16)12-13(3)6-2/h8-11,17H,2,4-5,7,12H2,1,3H3. The van der Waals surface area contributed by atoms with Crippen molar-refractivity contribution in [3.63, 3.8) is 0 Å². The maximum Gasteiger partial charge on any atom is 0.0381 e. The molecule has 1 aromatic carbocycles. The van der Waals surface area contributed by atoms with Gasteiger partial charge in [-0.3, -0.25) is 0 Å². The van der Waals surface area contributed by atoms with E-state index in [9.17, 15) is 0 Å². The molecule has 0 aromatic heterocycles. The van der Waals surface area contributed by atoms with Crippen LogP contribution in [0.5, 0.6) is 0 Å². The molecule has 1 nitrogen and oxygen atoms in total. The van der Waals surface area contributed by atoms with E-state index in [0.717, 1.165) is 30.6 Å². The van der Waals surface area contributed by atoms with Gasteiger partial charge < -0.3 is 5.32 Å². The van der Waals surface area contributed by atoms with Gasteiger partial charge in [-0.15, -0.1) is 5.73 Å². The van der Waals surface area contributed by atoms with Crippen LogP contribution in [0.4, 0.5) is 5.69 Å². The number of rotatable bonds is 6. The van der Waals surface area contributed by atoms with Gasteiger partial charge in [-0.25, -0.2) is 0 Å². The third kappa shape index (κ3) is 4.76. The Labute approximate surface area is 105 Å². The van der Waals surface area contributed by atoms with E-state index in [1.165, 1.54) is 11.1 Å². The average molecular weight is 227 g/mol. The Morgan fingerprint density at radius 1 is 1.29 bits per heavy atom. The Hall–Kier alpha value is -1.72. The summed E-state index contributed by atoms with van der Waals surface area (Å²) in [6.45, 7) is 11.8. The first-order chi connectivity index (χ1) is 8.15. The Morgan fingerprint density at radius 2 is 1.94 bits per heavy atom. The molecule has 0 unspecified atom stereocenters. The fraction of sp³-hybridized carbons (Fsp3) is 0.312. The summed E-state index contributed by atoms with van der Waals surface area (Å²) in [5.74, 6) is 0. The van der Waals surface area contributed by atoms with Crippen molar-refractivity contribution in [3.05, 3.63) is 60.0 Å². The zero-order valence-electron chi connectivity index (χ0n) is 10.8. The van der Waals surface area contributed by atoms with Crippen molar-refractivity contribution in [1.82, 2.24) is 0 Å². The maximum absolute atomic E-state index is 3.99. The molecule has 1 heteroatoms. The second-order valence-corrected chi connectivity index (χ2v) is 4.31. The highest BCUT2D eigenvalue weighted by molar-refractivity contribution is 5.49. The number of hydrogen-bond donors (Lipinski definition) is 1. The molecule has 0 heterocycles. The lowest BCUT2D eigenvalue weighted by Crippen LogP contribution is -1.97. The molecule has 1 aromatic rings. The Bertz CT molecular complexity index is 419. The van der Waals surface area contributed by atoms with Gasteiger partial charge >= 0.3 is 0 Å². The van der Waals surface area contributed by atoms with E-state index in [1.807, 2.05) is 6.92 Å². The highest BCUT2D eigenvalue weighted by Crippen LogP contribution is 2.15. The lowest BCUT2D eigenvalue weighted by Gasteiger charge is -2.09. The lowest BCUT2D eigenvalue weighted by molar-refractivity contribution is 0.913. The van der Waals surface area contributed by atoms with Crippen molar-refractivity contribution in [3.8, 4) is 0 Å². The summed E-state index contributed by atoms with van der Waals surface area (Å²) < 4.78 is 0. The van der Waals surface area contributed by atoms with Crippen LogP contribution in [-0.4, -0.2) is 0 Å². The summed E-state index contributed by atoms with van der Waals surface area (Å²) in [6, 6.07) is 8.43. The molecule has 17 heavy (non-hydrogen) atoms. The molecule has 0 saturated carbocycles. The van der Waals surface area contributed by atoms with E-state index in [4.69, 9.17) is 0 Å². The first kappa shape index (κ1) is 13.3. The topological polar surface area (TPSA) is 12.0 Å². The minimum absolute atomic E-state index is 0.916. The molecular formula is C16H21N. The van der Waals surface area contributed by atoms with Crippen LogP contribution in [0.15, 0.2) is 54.4 Å². The molecule has 0 aliphatic carbocycles. The van der Waals surface area contributed by atoms with Gasteiger partial charge in [0.1, 0.15) is 0 Å². The highest BCUT2D eigenvalue weighted by atomic mass is 14.9. The first-order valence-corrected chi connectivity index (χ1v) is 6.05. The van der Waals surface area contributed by atoms with Crippen molar-refractivity contribution in [1.29, 1.82) is 0 Å². The molecule has 0 radical (unpaired) electrons. The van der Waals surface area contributed by atoms with E-state index in [0.29, 0.717) is 0 Å². The number of anilines is 1. The zero-order valence-corrected chi connectivity index (χ0v) is 10.8. The molecule has 0 fully saturated rings. The normalized spacial score (nSPS) is 9.53. The monoisotopic (exact) mass is 227 g/mol. The molecule has 0 spiro atoms. The maximum atomic E-state index is 3.99. The summed E-state index contributed by atoms with van der Waals surface area (Å²) in [4.78, 5) is 0. The average Bonchev–Trinajstić information content (AvgIpc) is 2.32. The number of allylic oxidation sites excluding steroid dienone is 2. The van der Waals surface area contributed by atoms with Crippen molar-refractivity contribution >= 4 is 5.69 Å². The van der Waals surface area contributed by atoms with Crippen LogP contribution in [-0.2, 0) is 6.42 Å². The van der Waals surface area contributed by atoms with Gasteiger partial charge in [0, 0.05) is 17.8 Å². The van der Waals surface area contributed by atoms with E-state index in [2.05, 4.69) is 55.4 Å². The fourth-order valence-electron chi connectivity index (χ4n) is 1.64. The quantitative estimate of drug-likeness (QED) is 0.695. The molecule has 0 aliphatic rings. The van der Waals surface area contributed by atoms with Crippen molar-refractivity contribution in [2.45, 2.75) is 33.1 Å². The van der Waals surface area contributed by atoms with Crippen LogP contribution in [0, 0.1) is 0 Å². The van der Waals surface area contributed by atoms with Crippen LogP contribution < -0.4 is 5.32 Å². The van der Waals surface area contributed by atoms with Crippen LogP contribution >= 0.6 is 0 Å². The van der Waals surface area contributed by atoms with Gasteiger partial charge in [-0.05, 0) is 36.6 Å². The SMILES string of the molecule is C=C=C(C)Cc1ccc(NC(=C)CCC)cc1. The summed E-state index contributed by atoms with van der Waals surface area (Å²) in [5, 5.41) is 3.31. The van der Waals surface area contributed by atoms with Gasteiger partial charge in [0.05, 0.1) is 0 Å². The largest absolute Gasteiger partial charge is 0.359 e. The summed E-state index contributed by atoms with van der Waals surface area (Å²) in [5.41, 5.74) is 7.54. The zero-order chi connectivity index (χ0) is 12.7. The van der Waals surface area contributed by atoms with Crippen molar-refractivity contribution in [2.75, 3.05) is 5.32 Å². The Kier molecular flexibility index (Phi) is 5.32. The molecule has 0 amide bonds. The van der Waals surface area contributed by atoms with E-state index >= 15 is 0 Å². The van der Waals surface area contributed by atoms with Gasteiger partial charge in [0.2, 0.25) is 0 Å². The lowest BCUT2D eigenvalue weighted by atomic mass is 10.1. The van der Waals surface area contributed by atoms with Crippen molar-refractivity contribution < 1.29 is 0 Å². The third-order valence-electron chi connectivity index (χ3n) is 2.60. The number of hydrogen-bond acceptors (Lipinski definition) is 1. The molecule has 90 valence electrons. The van der Waals surface area contributed by atoms with E-state index < -0.39 is 0 Å². The van der Waals surface area contributed by atoms with Crippen LogP contribution in [0.3, 0.4) is 0 Å². The van der Waals surface area contributed by atoms with Gasteiger partial charge in [-0.1, -0.05) is 38.6 Å². The van der Waals surface area contributed by atoms with Crippen molar-refractivity contribution in [2.24, 2.45) is 0 Å². The molecule has 0 saturated heterocycles. The van der Waals surface area contributed by atoms with Gasteiger partial charge in [-0.2, -0.15) is 0 Å². The van der Waals surface area contributed by atoms with E-state index in [-0.39, 0.29) is 0 Å². The first-order valence-electron chi connectivity index (χ1n) is 6.05. The predicted octanol–water partition coefficient (Wildman–Crippen LogP) is 4.69. The molecule has 1 N–H and O–H groups in total. The fourth-order valence-corrected chi connectivity index (χ4v) is 1.64. The van der Waals surface area contributed by atoms with Crippen LogP contribution in [0.25, 0.3) is 0 Å². The second-order valence-electron chi connectivity index (χ2n) is 4.31. The second kappa shape index (κ2) is 6.78. The van der Waals surface area contributed by atoms with Gasteiger partial charge in [0.25, 0.3) is 0 Å². The Balaban J connectivity index is 2.62. The molecular weight excluding hydrogens is 206 g/mol. The molecule has 0 aliphatic heterocycles. The summed E-state index contributed by atoms with van der Waals surface area (Å²) in [6.07, 6.45) is 3.05. The molecule has 1 rings (SSSR count). The summed E-state index contributed by atoms with van der Waals surface area (Å²) >= 11 is 0. The highest BCUT2D eigenvalue weighted by Gasteiger charge is 1.97. The third-order valence-corrected chi connectivity index (χ3v) is 2.60.